The van der Waals surface area contributed by atoms with Gasteiger partial charge in [0.15, 0.2) is 0 Å². The zero-order chi connectivity index (χ0) is 18.4. The lowest BCUT2D eigenvalue weighted by atomic mass is 10.1. The highest BCUT2D eigenvalue weighted by Gasteiger charge is 2.13. The summed E-state index contributed by atoms with van der Waals surface area (Å²) in [6.07, 6.45) is -0.516. The molecule has 1 aromatic carbocycles. The number of thiophene rings is 1. The molecule has 2 rings (SSSR count). The molecular formula is C18H23N3O3S. The van der Waals surface area contributed by atoms with Crippen molar-refractivity contribution in [2.24, 2.45) is 0 Å². The minimum absolute atomic E-state index is 0.0448. The summed E-state index contributed by atoms with van der Waals surface area (Å²) in [7, 11) is 1.31. The number of nitrogens with one attached hydrogen (secondary N) is 3. The van der Waals surface area contributed by atoms with E-state index < -0.39 is 6.09 Å². The predicted molar refractivity (Wildman–Crippen MR) is 100 cm³/mol. The van der Waals surface area contributed by atoms with Gasteiger partial charge in [0.1, 0.15) is 0 Å². The van der Waals surface area contributed by atoms with Crippen LogP contribution in [0.2, 0.25) is 0 Å². The second kappa shape index (κ2) is 8.53. The van der Waals surface area contributed by atoms with Crippen LogP contribution in [0.3, 0.4) is 0 Å². The quantitative estimate of drug-likeness (QED) is 0.750. The standard InChI is InChI=1S/C18H23N3O3S/c1-11-9-16(13(3)25-11)12(2)20-17(22)19-10-14-5-7-15(8-6-14)21-18(23)24-4/h5-9,12H,10H2,1-4H3,(H,21,23)(H2,19,20,22). The Morgan fingerprint density at radius 3 is 2.44 bits per heavy atom. The van der Waals surface area contributed by atoms with Crippen LogP contribution in [0.1, 0.15) is 33.8 Å². The Morgan fingerprint density at radius 1 is 1.20 bits per heavy atom. The van der Waals surface area contributed by atoms with Crippen LogP contribution in [0.4, 0.5) is 15.3 Å². The Bertz CT molecular complexity index is 741. The lowest BCUT2D eigenvalue weighted by Crippen LogP contribution is -2.36. The normalized spacial score (nSPS) is 11.5. The molecule has 0 radical (unpaired) electrons. The van der Waals surface area contributed by atoms with Gasteiger partial charge in [0.2, 0.25) is 0 Å². The Hall–Kier alpha value is -2.54. The van der Waals surface area contributed by atoms with E-state index in [-0.39, 0.29) is 12.1 Å². The average Bonchev–Trinajstić information content (AvgIpc) is 2.92. The molecule has 7 heteroatoms. The smallest absolute Gasteiger partial charge is 0.411 e. The molecule has 1 heterocycles. The molecule has 3 amide bonds. The van der Waals surface area contributed by atoms with Crippen LogP contribution >= 0.6 is 11.3 Å². The summed E-state index contributed by atoms with van der Waals surface area (Å²) in [5.41, 5.74) is 2.72. The monoisotopic (exact) mass is 361 g/mol. The molecule has 0 aliphatic carbocycles. The summed E-state index contributed by atoms with van der Waals surface area (Å²) in [4.78, 5) is 25.7. The van der Waals surface area contributed by atoms with Crippen molar-refractivity contribution in [2.75, 3.05) is 12.4 Å². The Morgan fingerprint density at radius 2 is 1.88 bits per heavy atom. The second-order valence-electron chi connectivity index (χ2n) is 5.73. The molecule has 1 unspecified atom stereocenters. The van der Waals surface area contributed by atoms with Gasteiger partial charge in [-0.1, -0.05) is 12.1 Å². The number of carbonyl (C=O) groups excluding carboxylic acids is 2. The first-order chi connectivity index (χ1) is 11.9. The van der Waals surface area contributed by atoms with Crippen LogP contribution in [0.5, 0.6) is 0 Å². The zero-order valence-corrected chi connectivity index (χ0v) is 15.6. The number of rotatable bonds is 5. The Kier molecular flexibility index (Phi) is 6.41. The fraction of sp³-hybridized carbons (Fsp3) is 0.333. The Labute approximate surface area is 151 Å². The number of benzene rings is 1. The minimum atomic E-state index is -0.516. The SMILES string of the molecule is COC(=O)Nc1ccc(CNC(=O)NC(C)c2cc(C)sc2C)cc1. The molecular weight excluding hydrogens is 338 g/mol. The van der Waals surface area contributed by atoms with Crippen LogP contribution in [0.25, 0.3) is 0 Å². The molecule has 1 aromatic heterocycles. The highest BCUT2D eigenvalue weighted by atomic mass is 32.1. The predicted octanol–water partition coefficient (Wildman–Crippen LogP) is 4.10. The lowest BCUT2D eigenvalue weighted by Gasteiger charge is -2.15. The van der Waals surface area contributed by atoms with Crippen molar-refractivity contribution in [2.45, 2.75) is 33.4 Å². The van der Waals surface area contributed by atoms with E-state index in [0.29, 0.717) is 12.2 Å². The van der Waals surface area contributed by atoms with Crippen molar-refractivity contribution in [3.8, 4) is 0 Å². The van der Waals surface area contributed by atoms with Gasteiger partial charge in [0.25, 0.3) is 0 Å². The van der Waals surface area contributed by atoms with E-state index in [1.54, 1.807) is 23.5 Å². The molecule has 0 aliphatic heterocycles. The number of ether oxygens (including phenoxy) is 1. The van der Waals surface area contributed by atoms with E-state index in [4.69, 9.17) is 0 Å². The molecule has 0 saturated heterocycles. The third-order valence-corrected chi connectivity index (χ3v) is 4.71. The van der Waals surface area contributed by atoms with Crippen molar-refractivity contribution in [3.05, 3.63) is 51.2 Å². The molecule has 2 aromatic rings. The first-order valence-electron chi connectivity index (χ1n) is 7.94. The highest BCUT2D eigenvalue weighted by Crippen LogP contribution is 2.25. The summed E-state index contributed by atoms with van der Waals surface area (Å²) < 4.78 is 4.53. The van der Waals surface area contributed by atoms with E-state index in [1.165, 1.54) is 16.9 Å². The number of amides is 3. The van der Waals surface area contributed by atoms with E-state index in [2.05, 4.69) is 40.6 Å². The minimum Gasteiger partial charge on any atom is -0.453 e. The highest BCUT2D eigenvalue weighted by molar-refractivity contribution is 7.12. The zero-order valence-electron chi connectivity index (χ0n) is 14.8. The summed E-state index contributed by atoms with van der Waals surface area (Å²) >= 11 is 1.73. The fourth-order valence-corrected chi connectivity index (χ4v) is 3.49. The van der Waals surface area contributed by atoms with Gasteiger partial charge in [-0.3, -0.25) is 5.32 Å². The van der Waals surface area contributed by atoms with E-state index >= 15 is 0 Å². The van der Waals surface area contributed by atoms with Gasteiger partial charge in [-0.2, -0.15) is 0 Å². The van der Waals surface area contributed by atoms with Gasteiger partial charge in [0, 0.05) is 22.0 Å². The largest absolute Gasteiger partial charge is 0.453 e. The number of methoxy groups -OCH3 is 1. The van der Waals surface area contributed by atoms with Crippen LogP contribution in [0.15, 0.2) is 30.3 Å². The Balaban J connectivity index is 1.83. The first kappa shape index (κ1) is 18.8. The summed E-state index contributed by atoms with van der Waals surface area (Å²) in [6.45, 7) is 6.50. The van der Waals surface area contributed by atoms with Crippen molar-refractivity contribution >= 4 is 29.1 Å². The second-order valence-corrected chi connectivity index (χ2v) is 7.19. The first-order valence-corrected chi connectivity index (χ1v) is 8.76. The third-order valence-electron chi connectivity index (χ3n) is 3.73. The van der Waals surface area contributed by atoms with E-state index in [1.807, 2.05) is 19.1 Å². The number of anilines is 1. The molecule has 0 bridgehead atoms. The van der Waals surface area contributed by atoms with Gasteiger partial charge in [-0.15, -0.1) is 11.3 Å². The van der Waals surface area contributed by atoms with Crippen LogP contribution in [-0.2, 0) is 11.3 Å². The maximum Gasteiger partial charge on any atom is 0.411 e. The number of hydrogen-bond acceptors (Lipinski definition) is 4. The molecule has 6 nitrogen and oxygen atoms in total. The van der Waals surface area contributed by atoms with E-state index in [0.717, 1.165) is 11.1 Å². The summed E-state index contributed by atoms with van der Waals surface area (Å²) in [6, 6.07) is 9.03. The molecule has 0 aliphatic rings. The molecule has 3 N–H and O–H groups in total. The van der Waals surface area contributed by atoms with Crippen molar-refractivity contribution < 1.29 is 14.3 Å². The number of carbonyl (C=O) groups is 2. The van der Waals surface area contributed by atoms with Crippen LogP contribution < -0.4 is 16.0 Å². The fourth-order valence-electron chi connectivity index (χ4n) is 2.46. The molecule has 0 fully saturated rings. The third kappa shape index (κ3) is 5.49. The summed E-state index contributed by atoms with van der Waals surface area (Å²) in [5, 5.41) is 8.36. The molecule has 1 atom stereocenters. The van der Waals surface area contributed by atoms with Crippen LogP contribution in [-0.4, -0.2) is 19.2 Å². The lowest BCUT2D eigenvalue weighted by molar-refractivity contribution is 0.187. The van der Waals surface area contributed by atoms with E-state index in [9.17, 15) is 9.59 Å². The van der Waals surface area contributed by atoms with Gasteiger partial charge in [-0.05, 0) is 50.1 Å². The van der Waals surface area contributed by atoms with Crippen molar-refractivity contribution in [1.82, 2.24) is 10.6 Å². The molecule has 0 saturated carbocycles. The van der Waals surface area contributed by atoms with Crippen molar-refractivity contribution in [1.29, 1.82) is 0 Å². The van der Waals surface area contributed by atoms with Gasteiger partial charge in [0.05, 0.1) is 13.2 Å². The van der Waals surface area contributed by atoms with Crippen LogP contribution in [0, 0.1) is 13.8 Å². The number of aryl methyl sites for hydroxylation is 2. The molecule has 25 heavy (non-hydrogen) atoms. The van der Waals surface area contributed by atoms with Gasteiger partial charge < -0.3 is 15.4 Å². The topological polar surface area (TPSA) is 79.5 Å². The van der Waals surface area contributed by atoms with Gasteiger partial charge >= 0.3 is 12.1 Å². The van der Waals surface area contributed by atoms with Gasteiger partial charge in [-0.25, -0.2) is 9.59 Å². The maximum absolute atomic E-state index is 12.1. The molecule has 0 spiro atoms. The number of hydrogen-bond donors (Lipinski definition) is 3. The van der Waals surface area contributed by atoms with Crippen molar-refractivity contribution in [3.63, 3.8) is 0 Å². The maximum atomic E-state index is 12.1. The average molecular weight is 361 g/mol. The molecule has 134 valence electrons. The summed E-state index contributed by atoms with van der Waals surface area (Å²) in [5.74, 6) is 0. The number of urea groups is 1.